The van der Waals surface area contributed by atoms with Gasteiger partial charge >= 0.3 is 0 Å². The first kappa shape index (κ1) is 14.3. The van der Waals surface area contributed by atoms with Crippen molar-refractivity contribution >= 4 is 17.1 Å². The fourth-order valence-corrected chi connectivity index (χ4v) is 2.83. The van der Waals surface area contributed by atoms with Gasteiger partial charge in [0.2, 0.25) is 0 Å². The number of phenols is 1. The van der Waals surface area contributed by atoms with Gasteiger partial charge in [-0.05, 0) is 23.8 Å². The molecule has 3 heteroatoms. The van der Waals surface area contributed by atoms with Crippen molar-refractivity contribution in [3.8, 4) is 16.9 Å². The summed E-state index contributed by atoms with van der Waals surface area (Å²) in [5, 5.41) is 15.6. The number of aromatic hydroxyl groups is 1. The van der Waals surface area contributed by atoms with Gasteiger partial charge in [0.15, 0.2) is 0 Å². The topological polar surface area (TPSA) is 37.5 Å². The normalized spacial score (nSPS) is 11.3. The van der Waals surface area contributed by atoms with E-state index in [0.29, 0.717) is 5.56 Å². The summed E-state index contributed by atoms with van der Waals surface area (Å²) in [5.41, 5.74) is 4.02. The summed E-state index contributed by atoms with van der Waals surface area (Å²) in [5.74, 6) is 0.223. The highest BCUT2D eigenvalue weighted by Crippen LogP contribution is 2.30. The van der Waals surface area contributed by atoms with Crippen LogP contribution in [0.1, 0.15) is 5.56 Å². The monoisotopic (exact) mass is 312 g/mol. The molecule has 3 nitrogen and oxygen atoms in total. The molecule has 0 unspecified atom stereocenters. The van der Waals surface area contributed by atoms with E-state index in [4.69, 9.17) is 0 Å². The molecular formula is C21H16N2O. The molecule has 0 aliphatic rings. The van der Waals surface area contributed by atoms with E-state index in [-0.39, 0.29) is 5.75 Å². The van der Waals surface area contributed by atoms with E-state index >= 15 is 0 Å². The highest BCUT2D eigenvalue weighted by molar-refractivity contribution is 5.96. The van der Waals surface area contributed by atoms with Gasteiger partial charge in [0.25, 0.3) is 0 Å². The van der Waals surface area contributed by atoms with E-state index in [9.17, 15) is 5.11 Å². The molecule has 0 bridgehead atoms. The van der Waals surface area contributed by atoms with E-state index in [1.165, 1.54) is 0 Å². The van der Waals surface area contributed by atoms with E-state index in [0.717, 1.165) is 22.0 Å². The van der Waals surface area contributed by atoms with Gasteiger partial charge in [-0.2, -0.15) is 5.10 Å². The maximum Gasteiger partial charge on any atom is 0.124 e. The van der Waals surface area contributed by atoms with Crippen LogP contribution in [-0.2, 0) is 0 Å². The standard InChI is InChI=1S/C21H16N2O/c24-21-13-7-4-10-17(21)14-22-23-15-19(16-8-2-1-3-9-16)18-11-5-6-12-20(18)23/h1-15,24H. The van der Waals surface area contributed by atoms with Crippen molar-refractivity contribution in [1.29, 1.82) is 0 Å². The number of benzene rings is 3. The third-order valence-corrected chi connectivity index (χ3v) is 4.04. The molecule has 4 aromatic rings. The summed E-state index contributed by atoms with van der Waals surface area (Å²) >= 11 is 0. The maximum atomic E-state index is 9.88. The first-order chi connectivity index (χ1) is 11.8. The molecule has 3 aromatic carbocycles. The van der Waals surface area contributed by atoms with Gasteiger partial charge in [-0.1, -0.05) is 60.7 Å². The molecule has 0 saturated carbocycles. The third kappa shape index (κ3) is 2.57. The van der Waals surface area contributed by atoms with Crippen molar-refractivity contribution in [2.24, 2.45) is 5.10 Å². The quantitative estimate of drug-likeness (QED) is 0.537. The van der Waals surface area contributed by atoms with Crippen LogP contribution in [0.25, 0.3) is 22.0 Å². The molecule has 24 heavy (non-hydrogen) atoms. The van der Waals surface area contributed by atoms with E-state index in [2.05, 4.69) is 23.3 Å². The smallest absolute Gasteiger partial charge is 0.124 e. The molecule has 1 aromatic heterocycles. The van der Waals surface area contributed by atoms with Gasteiger partial charge in [0.1, 0.15) is 5.75 Å². The van der Waals surface area contributed by atoms with E-state index < -0.39 is 0 Å². The molecule has 0 aliphatic carbocycles. The summed E-state index contributed by atoms with van der Waals surface area (Å²) < 4.78 is 1.85. The van der Waals surface area contributed by atoms with Crippen molar-refractivity contribution in [3.63, 3.8) is 0 Å². The van der Waals surface area contributed by atoms with Gasteiger partial charge in [-0.3, -0.25) is 0 Å². The zero-order valence-corrected chi connectivity index (χ0v) is 13.0. The van der Waals surface area contributed by atoms with Gasteiger partial charge in [-0.25, -0.2) is 4.68 Å². The van der Waals surface area contributed by atoms with Crippen LogP contribution in [0.5, 0.6) is 5.75 Å². The predicted octanol–water partition coefficient (Wildman–Crippen LogP) is 4.90. The summed E-state index contributed by atoms with van der Waals surface area (Å²) in [7, 11) is 0. The summed E-state index contributed by atoms with van der Waals surface area (Å²) in [6.45, 7) is 0. The Hall–Kier alpha value is -3.33. The number of phenolic OH excluding ortho intramolecular Hbond substituents is 1. The van der Waals surface area contributed by atoms with Crippen molar-refractivity contribution in [3.05, 3.63) is 90.6 Å². The largest absolute Gasteiger partial charge is 0.507 e. The lowest BCUT2D eigenvalue weighted by molar-refractivity contribution is 0.474. The lowest BCUT2D eigenvalue weighted by atomic mass is 10.1. The average molecular weight is 312 g/mol. The molecule has 1 heterocycles. The Morgan fingerprint density at radius 1 is 0.792 bits per heavy atom. The van der Waals surface area contributed by atoms with Crippen molar-refractivity contribution in [1.82, 2.24) is 4.68 Å². The molecular weight excluding hydrogens is 296 g/mol. The first-order valence-electron chi connectivity index (χ1n) is 7.81. The third-order valence-electron chi connectivity index (χ3n) is 4.04. The Kier molecular flexibility index (Phi) is 3.60. The van der Waals surface area contributed by atoms with Crippen molar-refractivity contribution < 1.29 is 5.11 Å². The minimum absolute atomic E-state index is 0.223. The molecule has 0 saturated heterocycles. The SMILES string of the molecule is Oc1ccccc1C=Nn1cc(-c2ccccc2)c2ccccc21. The second kappa shape index (κ2) is 6.05. The van der Waals surface area contributed by atoms with E-state index in [1.807, 2.05) is 59.4 Å². The highest BCUT2D eigenvalue weighted by atomic mass is 16.3. The fourth-order valence-electron chi connectivity index (χ4n) is 2.83. The predicted molar refractivity (Wildman–Crippen MR) is 98.5 cm³/mol. The van der Waals surface area contributed by atoms with Gasteiger partial charge in [0, 0.05) is 22.7 Å². The van der Waals surface area contributed by atoms with Crippen molar-refractivity contribution in [2.75, 3.05) is 0 Å². The molecule has 0 radical (unpaired) electrons. The highest BCUT2D eigenvalue weighted by Gasteiger charge is 2.09. The zero-order chi connectivity index (χ0) is 16.4. The molecule has 1 N–H and O–H groups in total. The molecule has 0 amide bonds. The molecule has 4 rings (SSSR count). The van der Waals surface area contributed by atoms with Crippen LogP contribution in [-0.4, -0.2) is 16.0 Å². The molecule has 116 valence electrons. The summed E-state index contributed by atoms with van der Waals surface area (Å²) in [6, 6.07) is 25.6. The zero-order valence-electron chi connectivity index (χ0n) is 13.0. The van der Waals surface area contributed by atoms with Crippen LogP contribution in [0.2, 0.25) is 0 Å². The van der Waals surface area contributed by atoms with Gasteiger partial charge in [-0.15, -0.1) is 0 Å². The van der Waals surface area contributed by atoms with Crippen LogP contribution < -0.4 is 0 Å². The average Bonchev–Trinajstić information content (AvgIpc) is 3.01. The second-order valence-corrected chi connectivity index (χ2v) is 5.57. The van der Waals surface area contributed by atoms with Crippen LogP contribution >= 0.6 is 0 Å². The first-order valence-corrected chi connectivity index (χ1v) is 7.81. The van der Waals surface area contributed by atoms with E-state index in [1.54, 1.807) is 18.3 Å². The van der Waals surface area contributed by atoms with Crippen LogP contribution in [0.4, 0.5) is 0 Å². The van der Waals surface area contributed by atoms with Gasteiger partial charge in [0.05, 0.1) is 11.7 Å². The van der Waals surface area contributed by atoms with Crippen LogP contribution in [0, 0.1) is 0 Å². The number of nitrogens with zero attached hydrogens (tertiary/aromatic N) is 2. The van der Waals surface area contributed by atoms with Gasteiger partial charge < -0.3 is 5.11 Å². The minimum atomic E-state index is 0.223. The van der Waals surface area contributed by atoms with Crippen molar-refractivity contribution in [2.45, 2.75) is 0 Å². The van der Waals surface area contributed by atoms with Crippen LogP contribution in [0.15, 0.2) is 90.2 Å². The summed E-state index contributed by atoms with van der Waals surface area (Å²) in [4.78, 5) is 0. The van der Waals surface area contributed by atoms with Crippen LogP contribution in [0.3, 0.4) is 0 Å². The lowest BCUT2D eigenvalue weighted by Crippen LogP contribution is -1.89. The second-order valence-electron chi connectivity index (χ2n) is 5.57. The fraction of sp³-hybridized carbons (Fsp3) is 0. The number of aromatic nitrogens is 1. The Balaban J connectivity index is 1.84. The Bertz CT molecular complexity index is 1020. The Labute approximate surface area is 140 Å². The molecule has 0 atom stereocenters. The molecule has 0 fully saturated rings. The summed E-state index contributed by atoms with van der Waals surface area (Å²) in [6.07, 6.45) is 3.70. The number of hydrogen-bond acceptors (Lipinski definition) is 2. The molecule has 0 aliphatic heterocycles. The minimum Gasteiger partial charge on any atom is -0.507 e. The molecule has 0 spiro atoms. The lowest BCUT2D eigenvalue weighted by Gasteiger charge is -1.99. The maximum absolute atomic E-state index is 9.88. The number of para-hydroxylation sites is 2. The Morgan fingerprint density at radius 2 is 1.50 bits per heavy atom. The number of hydrogen-bond donors (Lipinski definition) is 1. The number of fused-ring (bicyclic) bond motifs is 1. The number of rotatable bonds is 3. The Morgan fingerprint density at radius 3 is 2.33 bits per heavy atom.